The van der Waals surface area contributed by atoms with Crippen molar-refractivity contribution in [3.63, 3.8) is 0 Å². The SMILES string of the molecule is CNCCC(C)(C)c1cc(OC)c(OC)cc1C. The van der Waals surface area contributed by atoms with Crippen LogP contribution in [-0.4, -0.2) is 27.8 Å². The third-order valence-electron chi connectivity index (χ3n) is 3.46. The van der Waals surface area contributed by atoms with E-state index < -0.39 is 0 Å². The molecule has 3 nitrogen and oxygen atoms in total. The number of rotatable bonds is 6. The summed E-state index contributed by atoms with van der Waals surface area (Å²) in [5, 5.41) is 3.21. The van der Waals surface area contributed by atoms with Gasteiger partial charge >= 0.3 is 0 Å². The fraction of sp³-hybridized carbons (Fsp3) is 0.600. The molecule has 1 aromatic carbocycles. The summed E-state index contributed by atoms with van der Waals surface area (Å²) in [5.74, 6) is 1.60. The van der Waals surface area contributed by atoms with Crippen LogP contribution in [0.1, 0.15) is 31.4 Å². The minimum Gasteiger partial charge on any atom is -0.493 e. The van der Waals surface area contributed by atoms with E-state index in [1.54, 1.807) is 14.2 Å². The minimum absolute atomic E-state index is 0.118. The molecule has 0 unspecified atom stereocenters. The van der Waals surface area contributed by atoms with Crippen LogP contribution in [0.15, 0.2) is 12.1 Å². The van der Waals surface area contributed by atoms with E-state index in [-0.39, 0.29) is 5.41 Å². The average Bonchev–Trinajstić information content (AvgIpc) is 2.35. The van der Waals surface area contributed by atoms with Crippen molar-refractivity contribution < 1.29 is 9.47 Å². The molecule has 0 fully saturated rings. The molecular formula is C15H25NO2. The number of ether oxygens (including phenoxy) is 2. The molecule has 0 radical (unpaired) electrons. The standard InChI is InChI=1S/C15H25NO2/c1-11-9-13(17-5)14(18-6)10-12(11)15(2,3)7-8-16-4/h9-10,16H,7-8H2,1-6H3. The Balaban J connectivity index is 3.15. The second kappa shape index (κ2) is 6.10. The number of hydrogen-bond donors (Lipinski definition) is 1. The van der Waals surface area contributed by atoms with Crippen LogP contribution in [0.25, 0.3) is 0 Å². The van der Waals surface area contributed by atoms with Crippen LogP contribution >= 0.6 is 0 Å². The summed E-state index contributed by atoms with van der Waals surface area (Å²) >= 11 is 0. The maximum Gasteiger partial charge on any atom is 0.161 e. The zero-order valence-corrected chi connectivity index (χ0v) is 12.4. The predicted octanol–water partition coefficient (Wildman–Crippen LogP) is 2.90. The van der Waals surface area contributed by atoms with E-state index in [1.807, 2.05) is 7.05 Å². The second-order valence-corrected chi connectivity index (χ2v) is 5.26. The van der Waals surface area contributed by atoms with Crippen molar-refractivity contribution in [3.8, 4) is 11.5 Å². The highest BCUT2D eigenvalue weighted by Gasteiger charge is 2.23. The molecule has 1 N–H and O–H groups in total. The van der Waals surface area contributed by atoms with Crippen LogP contribution in [0.3, 0.4) is 0 Å². The Morgan fingerprint density at radius 3 is 2.17 bits per heavy atom. The first-order valence-corrected chi connectivity index (χ1v) is 6.34. The second-order valence-electron chi connectivity index (χ2n) is 5.26. The normalized spacial score (nSPS) is 11.4. The van der Waals surface area contributed by atoms with Crippen molar-refractivity contribution in [1.82, 2.24) is 5.32 Å². The number of hydrogen-bond acceptors (Lipinski definition) is 3. The first-order valence-electron chi connectivity index (χ1n) is 6.34. The van der Waals surface area contributed by atoms with Crippen molar-refractivity contribution in [1.29, 1.82) is 0 Å². The van der Waals surface area contributed by atoms with E-state index in [4.69, 9.17) is 9.47 Å². The van der Waals surface area contributed by atoms with Crippen LogP contribution in [0.2, 0.25) is 0 Å². The zero-order valence-electron chi connectivity index (χ0n) is 12.4. The van der Waals surface area contributed by atoms with Gasteiger partial charge in [-0.15, -0.1) is 0 Å². The number of nitrogens with one attached hydrogen (secondary N) is 1. The Morgan fingerprint density at radius 1 is 1.11 bits per heavy atom. The predicted molar refractivity (Wildman–Crippen MR) is 75.9 cm³/mol. The highest BCUT2D eigenvalue weighted by atomic mass is 16.5. The molecule has 1 aromatic rings. The summed E-state index contributed by atoms with van der Waals surface area (Å²) in [5.41, 5.74) is 2.68. The van der Waals surface area contributed by atoms with Gasteiger partial charge in [0.25, 0.3) is 0 Å². The molecular weight excluding hydrogens is 226 g/mol. The lowest BCUT2D eigenvalue weighted by molar-refractivity contribution is 0.352. The Kier molecular flexibility index (Phi) is 5.03. The van der Waals surface area contributed by atoms with Crippen LogP contribution in [0, 0.1) is 6.92 Å². The van der Waals surface area contributed by atoms with Crippen LogP contribution in [0.4, 0.5) is 0 Å². The van der Waals surface area contributed by atoms with Crippen LogP contribution < -0.4 is 14.8 Å². The first kappa shape index (κ1) is 14.8. The molecule has 0 amide bonds. The van der Waals surface area contributed by atoms with Crippen molar-refractivity contribution in [2.24, 2.45) is 0 Å². The number of benzene rings is 1. The van der Waals surface area contributed by atoms with Gasteiger partial charge < -0.3 is 14.8 Å². The summed E-state index contributed by atoms with van der Waals surface area (Å²) < 4.78 is 10.7. The van der Waals surface area contributed by atoms with Gasteiger partial charge in [0.15, 0.2) is 11.5 Å². The largest absolute Gasteiger partial charge is 0.493 e. The third-order valence-corrected chi connectivity index (χ3v) is 3.46. The summed E-state index contributed by atoms with van der Waals surface area (Å²) in [4.78, 5) is 0. The van der Waals surface area contributed by atoms with Crippen LogP contribution in [0.5, 0.6) is 11.5 Å². The fourth-order valence-electron chi connectivity index (χ4n) is 2.28. The molecule has 0 aliphatic carbocycles. The van der Waals surface area contributed by atoms with Gasteiger partial charge in [0.2, 0.25) is 0 Å². The van der Waals surface area contributed by atoms with Crippen molar-refractivity contribution >= 4 is 0 Å². The third kappa shape index (κ3) is 3.16. The van der Waals surface area contributed by atoms with Gasteiger partial charge in [-0.25, -0.2) is 0 Å². The minimum atomic E-state index is 0.118. The van der Waals surface area contributed by atoms with Crippen LogP contribution in [-0.2, 0) is 5.41 Å². The van der Waals surface area contributed by atoms with Gasteiger partial charge in [0.05, 0.1) is 14.2 Å². The van der Waals surface area contributed by atoms with E-state index in [9.17, 15) is 0 Å². The van der Waals surface area contributed by atoms with Crippen molar-refractivity contribution in [2.45, 2.75) is 32.6 Å². The lowest BCUT2D eigenvalue weighted by atomic mass is 9.79. The quantitative estimate of drug-likeness (QED) is 0.843. The summed E-state index contributed by atoms with van der Waals surface area (Å²) in [7, 11) is 5.33. The van der Waals surface area contributed by atoms with E-state index in [0.717, 1.165) is 24.5 Å². The zero-order chi connectivity index (χ0) is 13.8. The molecule has 102 valence electrons. The molecule has 0 bridgehead atoms. The first-order chi connectivity index (χ1) is 8.46. The maximum absolute atomic E-state index is 5.39. The van der Waals surface area contributed by atoms with Gasteiger partial charge in [-0.3, -0.25) is 0 Å². The fourth-order valence-corrected chi connectivity index (χ4v) is 2.28. The van der Waals surface area contributed by atoms with Gasteiger partial charge in [-0.1, -0.05) is 13.8 Å². The summed E-state index contributed by atoms with van der Waals surface area (Å²) in [6.45, 7) is 7.65. The molecule has 18 heavy (non-hydrogen) atoms. The molecule has 0 saturated heterocycles. The van der Waals surface area contributed by atoms with Crippen molar-refractivity contribution in [3.05, 3.63) is 23.3 Å². The molecule has 0 saturated carbocycles. The van der Waals surface area contributed by atoms with Gasteiger partial charge in [0.1, 0.15) is 0 Å². The van der Waals surface area contributed by atoms with Gasteiger partial charge in [-0.2, -0.15) is 0 Å². The average molecular weight is 251 g/mol. The molecule has 0 spiro atoms. The Bertz CT molecular complexity index is 400. The molecule has 0 aromatic heterocycles. The molecule has 3 heteroatoms. The van der Waals surface area contributed by atoms with Crippen molar-refractivity contribution in [2.75, 3.05) is 27.8 Å². The Morgan fingerprint density at radius 2 is 1.67 bits per heavy atom. The van der Waals surface area contributed by atoms with E-state index in [0.29, 0.717) is 0 Å². The number of methoxy groups -OCH3 is 2. The van der Waals surface area contributed by atoms with Gasteiger partial charge in [-0.05, 0) is 55.6 Å². The maximum atomic E-state index is 5.39. The number of aryl methyl sites for hydroxylation is 1. The van der Waals surface area contributed by atoms with Gasteiger partial charge in [0, 0.05) is 0 Å². The Hall–Kier alpha value is -1.22. The molecule has 0 aliphatic heterocycles. The lowest BCUT2D eigenvalue weighted by Gasteiger charge is -2.28. The molecule has 1 rings (SSSR count). The van der Waals surface area contributed by atoms with E-state index in [2.05, 4.69) is 38.2 Å². The molecule has 0 atom stereocenters. The summed E-state index contributed by atoms with van der Waals surface area (Å²) in [6, 6.07) is 4.15. The monoisotopic (exact) mass is 251 g/mol. The topological polar surface area (TPSA) is 30.5 Å². The van der Waals surface area contributed by atoms with E-state index in [1.165, 1.54) is 11.1 Å². The highest BCUT2D eigenvalue weighted by Crippen LogP contribution is 2.37. The Labute approximate surface area is 110 Å². The summed E-state index contributed by atoms with van der Waals surface area (Å²) in [6.07, 6.45) is 1.08. The highest BCUT2D eigenvalue weighted by molar-refractivity contribution is 5.49. The lowest BCUT2D eigenvalue weighted by Crippen LogP contribution is -2.24. The molecule has 0 heterocycles. The molecule has 0 aliphatic rings. The smallest absolute Gasteiger partial charge is 0.161 e. The van der Waals surface area contributed by atoms with E-state index >= 15 is 0 Å².